The highest BCUT2D eigenvalue weighted by Gasteiger charge is 2.23. The maximum atomic E-state index is 11.7. The molecule has 0 fully saturated rings. The van der Waals surface area contributed by atoms with Gasteiger partial charge in [-0.3, -0.25) is 4.79 Å². The SMILES string of the molecule is CC(CCl)(CCl)NC(=O)CCCc1ccccc1. The molecule has 0 unspecified atom stereocenters. The van der Waals surface area contributed by atoms with Crippen molar-refractivity contribution in [3.05, 3.63) is 35.9 Å². The van der Waals surface area contributed by atoms with Gasteiger partial charge in [0, 0.05) is 18.2 Å². The van der Waals surface area contributed by atoms with Crippen molar-refractivity contribution >= 4 is 29.1 Å². The van der Waals surface area contributed by atoms with Gasteiger partial charge in [0.2, 0.25) is 5.91 Å². The molecule has 1 aromatic carbocycles. The molecule has 0 heterocycles. The number of carbonyl (C=O) groups excluding carboxylic acids is 1. The lowest BCUT2D eigenvalue weighted by molar-refractivity contribution is -0.122. The van der Waals surface area contributed by atoms with E-state index in [2.05, 4.69) is 17.4 Å². The van der Waals surface area contributed by atoms with Crippen LogP contribution in [0.25, 0.3) is 0 Å². The maximum absolute atomic E-state index is 11.7. The van der Waals surface area contributed by atoms with Gasteiger partial charge >= 0.3 is 0 Å². The summed E-state index contributed by atoms with van der Waals surface area (Å²) in [6, 6.07) is 10.1. The van der Waals surface area contributed by atoms with Crippen molar-refractivity contribution < 1.29 is 4.79 Å². The molecule has 1 rings (SSSR count). The van der Waals surface area contributed by atoms with Gasteiger partial charge in [-0.25, -0.2) is 0 Å². The van der Waals surface area contributed by atoms with Gasteiger partial charge in [-0.05, 0) is 25.3 Å². The number of aryl methyl sites for hydroxylation is 1. The summed E-state index contributed by atoms with van der Waals surface area (Å²) < 4.78 is 0. The minimum absolute atomic E-state index is 0.00901. The standard InChI is InChI=1S/C14H19Cl2NO/c1-14(10-15,11-16)17-13(18)9-5-8-12-6-3-2-4-7-12/h2-4,6-7H,5,8-11H2,1H3,(H,17,18). The average molecular weight is 288 g/mol. The molecule has 0 aliphatic carbocycles. The summed E-state index contributed by atoms with van der Waals surface area (Å²) in [6.45, 7) is 1.85. The number of halogens is 2. The molecule has 100 valence electrons. The third kappa shape index (κ3) is 5.28. The maximum Gasteiger partial charge on any atom is 0.220 e. The predicted octanol–water partition coefficient (Wildman–Crippen LogP) is 3.36. The Hall–Kier alpha value is -0.730. The molecule has 0 atom stereocenters. The van der Waals surface area contributed by atoms with Crippen LogP contribution >= 0.6 is 23.2 Å². The third-order valence-electron chi connectivity index (χ3n) is 2.74. The van der Waals surface area contributed by atoms with E-state index in [9.17, 15) is 4.79 Å². The molecule has 1 amide bonds. The Balaban J connectivity index is 2.30. The fraction of sp³-hybridized carbons (Fsp3) is 0.500. The monoisotopic (exact) mass is 287 g/mol. The Morgan fingerprint density at radius 2 is 1.83 bits per heavy atom. The van der Waals surface area contributed by atoms with Crippen LogP contribution in [0, 0.1) is 0 Å². The molecule has 0 aromatic heterocycles. The van der Waals surface area contributed by atoms with E-state index >= 15 is 0 Å². The van der Waals surface area contributed by atoms with Crippen LogP contribution in [0.2, 0.25) is 0 Å². The van der Waals surface area contributed by atoms with Crippen molar-refractivity contribution in [2.45, 2.75) is 31.7 Å². The summed E-state index contributed by atoms with van der Waals surface area (Å²) in [5.41, 5.74) is 0.746. The topological polar surface area (TPSA) is 29.1 Å². The fourth-order valence-corrected chi connectivity index (χ4v) is 2.02. The summed E-state index contributed by atoms with van der Waals surface area (Å²) in [6.07, 6.45) is 2.24. The average Bonchev–Trinajstić information content (AvgIpc) is 2.40. The number of nitrogens with one attached hydrogen (secondary N) is 1. The number of hydrogen-bond acceptors (Lipinski definition) is 1. The zero-order valence-electron chi connectivity index (χ0n) is 10.6. The number of hydrogen-bond donors (Lipinski definition) is 1. The van der Waals surface area contributed by atoms with Crippen LogP contribution < -0.4 is 5.32 Å². The first-order valence-corrected chi connectivity index (χ1v) is 7.13. The molecular weight excluding hydrogens is 269 g/mol. The van der Waals surface area contributed by atoms with Crippen molar-refractivity contribution in [2.75, 3.05) is 11.8 Å². The largest absolute Gasteiger partial charge is 0.349 e. The normalized spacial score (nSPS) is 11.3. The van der Waals surface area contributed by atoms with Gasteiger partial charge in [0.25, 0.3) is 0 Å². The summed E-state index contributed by atoms with van der Waals surface area (Å²) in [7, 11) is 0. The Morgan fingerprint density at radius 1 is 1.22 bits per heavy atom. The van der Waals surface area contributed by atoms with E-state index in [4.69, 9.17) is 23.2 Å². The molecule has 0 aliphatic heterocycles. The molecule has 1 aromatic rings. The van der Waals surface area contributed by atoms with Crippen LogP contribution in [0.3, 0.4) is 0 Å². The molecule has 2 nitrogen and oxygen atoms in total. The van der Waals surface area contributed by atoms with Crippen LogP contribution in [0.4, 0.5) is 0 Å². The summed E-state index contributed by atoms with van der Waals surface area (Å²) in [5, 5.41) is 2.88. The highest BCUT2D eigenvalue weighted by atomic mass is 35.5. The zero-order chi connectivity index (χ0) is 13.4. The second-order valence-corrected chi connectivity index (χ2v) is 5.25. The third-order valence-corrected chi connectivity index (χ3v) is 3.92. The lowest BCUT2D eigenvalue weighted by Crippen LogP contribution is -2.49. The number of alkyl halides is 2. The number of amides is 1. The number of benzene rings is 1. The molecule has 4 heteroatoms. The predicted molar refractivity (Wildman–Crippen MR) is 77.4 cm³/mol. The number of rotatable bonds is 7. The highest BCUT2D eigenvalue weighted by molar-refractivity contribution is 6.22. The zero-order valence-corrected chi connectivity index (χ0v) is 12.1. The van der Waals surface area contributed by atoms with Gasteiger partial charge in [0.15, 0.2) is 0 Å². The first-order valence-electron chi connectivity index (χ1n) is 6.06. The van der Waals surface area contributed by atoms with Crippen molar-refractivity contribution in [1.29, 1.82) is 0 Å². The molecule has 18 heavy (non-hydrogen) atoms. The van der Waals surface area contributed by atoms with E-state index in [-0.39, 0.29) is 5.91 Å². The van der Waals surface area contributed by atoms with Crippen LogP contribution in [-0.4, -0.2) is 23.2 Å². The van der Waals surface area contributed by atoms with Crippen LogP contribution in [-0.2, 0) is 11.2 Å². The molecule has 0 spiro atoms. The highest BCUT2D eigenvalue weighted by Crippen LogP contribution is 2.10. The minimum atomic E-state index is -0.507. The van der Waals surface area contributed by atoms with E-state index in [0.717, 1.165) is 12.8 Å². The Morgan fingerprint density at radius 3 is 2.39 bits per heavy atom. The number of carbonyl (C=O) groups is 1. The molecule has 1 N–H and O–H groups in total. The van der Waals surface area contributed by atoms with Crippen molar-refractivity contribution in [3.8, 4) is 0 Å². The van der Waals surface area contributed by atoms with Gasteiger partial charge < -0.3 is 5.32 Å². The first-order chi connectivity index (χ1) is 8.59. The van der Waals surface area contributed by atoms with E-state index in [1.807, 2.05) is 25.1 Å². The van der Waals surface area contributed by atoms with E-state index < -0.39 is 5.54 Å². The molecule has 0 radical (unpaired) electrons. The van der Waals surface area contributed by atoms with E-state index in [1.54, 1.807) is 0 Å². The Bertz CT molecular complexity index is 363. The lowest BCUT2D eigenvalue weighted by atomic mass is 10.1. The Labute approximate surface area is 119 Å². The second-order valence-electron chi connectivity index (χ2n) is 4.72. The first kappa shape index (κ1) is 15.3. The van der Waals surface area contributed by atoms with Crippen molar-refractivity contribution in [3.63, 3.8) is 0 Å². The van der Waals surface area contributed by atoms with Gasteiger partial charge in [-0.1, -0.05) is 30.3 Å². The van der Waals surface area contributed by atoms with Crippen LogP contribution in [0.1, 0.15) is 25.3 Å². The summed E-state index contributed by atoms with van der Waals surface area (Å²) in [5.74, 6) is 0.650. The second kappa shape index (κ2) is 7.65. The van der Waals surface area contributed by atoms with Gasteiger partial charge in [-0.2, -0.15) is 0 Å². The minimum Gasteiger partial charge on any atom is -0.349 e. The van der Waals surface area contributed by atoms with Crippen molar-refractivity contribution in [1.82, 2.24) is 5.32 Å². The van der Waals surface area contributed by atoms with Gasteiger partial charge in [0.1, 0.15) is 0 Å². The molecule has 0 aliphatic rings. The molecule has 0 saturated heterocycles. The summed E-state index contributed by atoms with van der Waals surface area (Å²) in [4.78, 5) is 11.7. The summed E-state index contributed by atoms with van der Waals surface area (Å²) >= 11 is 11.6. The smallest absolute Gasteiger partial charge is 0.220 e. The van der Waals surface area contributed by atoms with E-state index in [1.165, 1.54) is 5.56 Å². The van der Waals surface area contributed by atoms with Crippen molar-refractivity contribution in [2.24, 2.45) is 0 Å². The van der Waals surface area contributed by atoms with Crippen LogP contribution in [0.5, 0.6) is 0 Å². The van der Waals surface area contributed by atoms with Gasteiger partial charge in [0.05, 0.1) is 5.54 Å². The molecule has 0 bridgehead atoms. The molecular formula is C14H19Cl2NO. The lowest BCUT2D eigenvalue weighted by Gasteiger charge is -2.25. The van der Waals surface area contributed by atoms with Crippen LogP contribution in [0.15, 0.2) is 30.3 Å². The van der Waals surface area contributed by atoms with Gasteiger partial charge in [-0.15, -0.1) is 23.2 Å². The Kier molecular flexibility index (Phi) is 6.51. The van der Waals surface area contributed by atoms with E-state index in [0.29, 0.717) is 18.2 Å². The quantitative estimate of drug-likeness (QED) is 0.766. The molecule has 0 saturated carbocycles. The fourth-order valence-electron chi connectivity index (χ4n) is 1.60.